The molecule has 1 rings (SSSR count). The lowest BCUT2D eigenvalue weighted by atomic mass is 10.1. The molecule has 0 aliphatic rings. The van der Waals surface area contributed by atoms with Gasteiger partial charge in [-0.05, 0) is 57.6 Å². The molecule has 1 aromatic carbocycles. The van der Waals surface area contributed by atoms with Gasteiger partial charge in [0.2, 0.25) is 0 Å². The number of hydrogen-bond acceptors (Lipinski definition) is 1. The Morgan fingerprint density at radius 1 is 1.33 bits per heavy atom. The second kappa shape index (κ2) is 5.88. The van der Waals surface area contributed by atoms with Crippen LogP contribution in [0.2, 0.25) is 5.02 Å². The molecule has 0 unspecified atom stereocenters. The van der Waals surface area contributed by atoms with E-state index in [1.807, 2.05) is 6.92 Å². The highest BCUT2D eigenvalue weighted by Gasteiger charge is 2.06. The lowest BCUT2D eigenvalue weighted by Crippen LogP contribution is -2.13. The fraction of sp³-hybridized carbons (Fsp3) is 0.500. The van der Waals surface area contributed by atoms with Crippen LogP contribution in [0.1, 0.15) is 17.5 Å². The summed E-state index contributed by atoms with van der Waals surface area (Å²) in [5, 5.41) is 0.906. The molecule has 0 N–H and O–H groups in total. The van der Waals surface area contributed by atoms with Gasteiger partial charge in [-0.25, -0.2) is 0 Å². The summed E-state index contributed by atoms with van der Waals surface area (Å²) in [6.07, 6.45) is 2.19. The Morgan fingerprint density at radius 3 is 2.60 bits per heavy atom. The first kappa shape index (κ1) is 13.0. The quantitative estimate of drug-likeness (QED) is 0.813. The number of hydrogen-bond donors (Lipinski definition) is 0. The number of nitrogens with zero attached hydrogens (tertiary/aromatic N) is 1. The molecule has 0 atom stereocenters. The molecular weight excluding hydrogens is 273 g/mol. The van der Waals surface area contributed by atoms with Crippen LogP contribution in [-0.4, -0.2) is 25.5 Å². The van der Waals surface area contributed by atoms with Crippen molar-refractivity contribution in [1.29, 1.82) is 0 Å². The summed E-state index contributed by atoms with van der Waals surface area (Å²) in [4.78, 5) is 2.19. The number of halogens is 2. The molecule has 0 spiro atoms. The molecule has 0 amide bonds. The first-order chi connectivity index (χ1) is 7.02. The van der Waals surface area contributed by atoms with Crippen molar-refractivity contribution in [2.24, 2.45) is 0 Å². The van der Waals surface area contributed by atoms with Crippen molar-refractivity contribution in [3.05, 3.63) is 32.8 Å². The van der Waals surface area contributed by atoms with Crippen LogP contribution in [0.25, 0.3) is 0 Å². The average molecular weight is 291 g/mol. The molecule has 0 bridgehead atoms. The molecule has 0 fully saturated rings. The minimum absolute atomic E-state index is 0.906. The Bertz CT molecular complexity index is 337. The average Bonchev–Trinajstić information content (AvgIpc) is 2.18. The Kier molecular flexibility index (Phi) is 5.10. The van der Waals surface area contributed by atoms with Crippen LogP contribution in [-0.2, 0) is 6.42 Å². The molecule has 84 valence electrons. The summed E-state index contributed by atoms with van der Waals surface area (Å²) < 4.78 is 1.09. The van der Waals surface area contributed by atoms with Crippen molar-refractivity contribution in [2.75, 3.05) is 20.6 Å². The van der Waals surface area contributed by atoms with E-state index in [2.05, 4.69) is 47.1 Å². The molecular formula is C12H17BrClN. The Labute approximate surface area is 106 Å². The summed E-state index contributed by atoms with van der Waals surface area (Å²) in [5.41, 5.74) is 2.39. The number of benzene rings is 1. The highest BCUT2D eigenvalue weighted by atomic mass is 79.9. The Hall–Kier alpha value is -0.0500. The van der Waals surface area contributed by atoms with Crippen molar-refractivity contribution < 1.29 is 0 Å². The van der Waals surface area contributed by atoms with Gasteiger partial charge < -0.3 is 4.90 Å². The van der Waals surface area contributed by atoms with Crippen molar-refractivity contribution in [3.8, 4) is 0 Å². The van der Waals surface area contributed by atoms with Gasteiger partial charge >= 0.3 is 0 Å². The fourth-order valence-corrected chi connectivity index (χ4v) is 2.20. The highest BCUT2D eigenvalue weighted by molar-refractivity contribution is 9.10. The van der Waals surface area contributed by atoms with Gasteiger partial charge in [-0.1, -0.05) is 33.6 Å². The summed E-state index contributed by atoms with van der Waals surface area (Å²) >= 11 is 9.75. The molecule has 0 aromatic heterocycles. The van der Waals surface area contributed by atoms with Crippen LogP contribution in [0.15, 0.2) is 16.6 Å². The molecule has 15 heavy (non-hydrogen) atoms. The largest absolute Gasteiger partial charge is 0.309 e. The van der Waals surface area contributed by atoms with E-state index in [1.165, 1.54) is 5.56 Å². The molecule has 0 heterocycles. The van der Waals surface area contributed by atoms with Gasteiger partial charge in [0.05, 0.1) is 0 Å². The van der Waals surface area contributed by atoms with E-state index >= 15 is 0 Å². The first-order valence-electron chi connectivity index (χ1n) is 5.10. The van der Waals surface area contributed by atoms with E-state index in [0.29, 0.717) is 0 Å². The standard InChI is InChI=1S/C12H17BrClN/c1-9-11(13)7-6-10(12(9)14)5-4-8-15(2)3/h6-7H,4-5,8H2,1-3H3. The number of rotatable bonds is 4. The minimum atomic E-state index is 0.906. The van der Waals surface area contributed by atoms with E-state index in [1.54, 1.807) is 0 Å². The van der Waals surface area contributed by atoms with Gasteiger partial charge in [-0.3, -0.25) is 0 Å². The molecule has 0 saturated heterocycles. The lowest BCUT2D eigenvalue weighted by Gasteiger charge is -2.11. The van der Waals surface area contributed by atoms with Crippen molar-refractivity contribution >= 4 is 27.5 Å². The van der Waals surface area contributed by atoms with E-state index in [0.717, 1.165) is 34.4 Å². The van der Waals surface area contributed by atoms with E-state index in [-0.39, 0.29) is 0 Å². The van der Waals surface area contributed by atoms with Gasteiger partial charge in [-0.15, -0.1) is 0 Å². The summed E-state index contributed by atoms with van der Waals surface area (Å²) in [6, 6.07) is 4.18. The second-order valence-electron chi connectivity index (χ2n) is 4.05. The maximum atomic E-state index is 6.27. The van der Waals surface area contributed by atoms with Gasteiger partial charge in [0.15, 0.2) is 0 Å². The van der Waals surface area contributed by atoms with Gasteiger partial charge in [0.1, 0.15) is 0 Å². The maximum Gasteiger partial charge on any atom is 0.0478 e. The van der Waals surface area contributed by atoms with Crippen LogP contribution in [0.5, 0.6) is 0 Å². The normalized spacial score (nSPS) is 11.1. The molecule has 0 aliphatic heterocycles. The lowest BCUT2D eigenvalue weighted by molar-refractivity contribution is 0.400. The third kappa shape index (κ3) is 3.78. The highest BCUT2D eigenvalue weighted by Crippen LogP contribution is 2.28. The molecule has 0 saturated carbocycles. The van der Waals surface area contributed by atoms with Crippen LogP contribution >= 0.6 is 27.5 Å². The SMILES string of the molecule is Cc1c(Br)ccc(CCCN(C)C)c1Cl. The molecule has 3 heteroatoms. The van der Waals surface area contributed by atoms with Gasteiger partial charge in [0.25, 0.3) is 0 Å². The van der Waals surface area contributed by atoms with E-state index < -0.39 is 0 Å². The van der Waals surface area contributed by atoms with E-state index in [9.17, 15) is 0 Å². The third-order valence-corrected chi connectivity index (χ3v) is 3.84. The monoisotopic (exact) mass is 289 g/mol. The Morgan fingerprint density at radius 2 is 2.00 bits per heavy atom. The fourth-order valence-electron chi connectivity index (χ4n) is 1.50. The van der Waals surface area contributed by atoms with Crippen molar-refractivity contribution in [2.45, 2.75) is 19.8 Å². The summed E-state index contributed by atoms with van der Waals surface area (Å²) in [5.74, 6) is 0. The second-order valence-corrected chi connectivity index (χ2v) is 5.28. The van der Waals surface area contributed by atoms with Crippen LogP contribution in [0.3, 0.4) is 0 Å². The minimum Gasteiger partial charge on any atom is -0.309 e. The van der Waals surface area contributed by atoms with Gasteiger partial charge in [-0.2, -0.15) is 0 Å². The van der Waals surface area contributed by atoms with Crippen LogP contribution < -0.4 is 0 Å². The van der Waals surface area contributed by atoms with E-state index in [4.69, 9.17) is 11.6 Å². The van der Waals surface area contributed by atoms with Crippen molar-refractivity contribution in [3.63, 3.8) is 0 Å². The molecule has 0 radical (unpaired) electrons. The predicted molar refractivity (Wildman–Crippen MR) is 70.8 cm³/mol. The van der Waals surface area contributed by atoms with Gasteiger partial charge in [0, 0.05) is 9.50 Å². The molecule has 1 nitrogen and oxygen atoms in total. The Balaban J connectivity index is 2.66. The maximum absolute atomic E-state index is 6.27. The first-order valence-corrected chi connectivity index (χ1v) is 6.27. The topological polar surface area (TPSA) is 3.24 Å². The molecule has 1 aromatic rings. The van der Waals surface area contributed by atoms with Crippen molar-refractivity contribution in [1.82, 2.24) is 4.90 Å². The van der Waals surface area contributed by atoms with Crippen LogP contribution in [0, 0.1) is 6.92 Å². The molecule has 0 aliphatic carbocycles. The predicted octanol–water partition coefficient (Wildman–Crippen LogP) is 3.91. The number of aryl methyl sites for hydroxylation is 1. The summed E-state index contributed by atoms with van der Waals surface area (Å²) in [7, 11) is 4.18. The zero-order valence-electron chi connectivity index (χ0n) is 9.48. The third-order valence-electron chi connectivity index (χ3n) is 2.45. The summed E-state index contributed by atoms with van der Waals surface area (Å²) in [6.45, 7) is 3.15. The van der Waals surface area contributed by atoms with Crippen LogP contribution in [0.4, 0.5) is 0 Å². The smallest absolute Gasteiger partial charge is 0.0478 e. The zero-order chi connectivity index (χ0) is 11.4. The zero-order valence-corrected chi connectivity index (χ0v) is 11.8.